The first kappa shape index (κ1) is 18.5. The lowest BCUT2D eigenvalue weighted by Crippen LogP contribution is -2.39. The lowest BCUT2D eigenvalue weighted by atomic mass is 10.1. The van der Waals surface area contributed by atoms with E-state index in [0.717, 1.165) is 21.9 Å². The van der Waals surface area contributed by atoms with Gasteiger partial charge in [0.05, 0.1) is 6.54 Å². The van der Waals surface area contributed by atoms with Gasteiger partial charge in [-0.2, -0.15) is 0 Å². The van der Waals surface area contributed by atoms with Crippen molar-refractivity contribution < 1.29 is 14.3 Å². The monoisotopic (exact) mass is 393 g/mol. The molecule has 2 heterocycles. The number of benzene rings is 2. The number of carbonyl (C=O) groups is 1. The maximum Gasteiger partial charge on any atom is 0.328 e. The van der Waals surface area contributed by atoms with Crippen LogP contribution >= 0.6 is 0 Å². The molecule has 1 aromatic heterocycles. The first-order valence-corrected chi connectivity index (χ1v) is 9.01. The Morgan fingerprint density at radius 3 is 2.55 bits per heavy atom. The summed E-state index contributed by atoms with van der Waals surface area (Å²) in [6, 6.07) is 10.8. The molecule has 3 aromatic rings. The number of carbonyl (C=O) groups excluding carboxylic acids is 1. The standard InChI is InChI=1S/C21H19N3O5/c1-12-5-13(2)7-15(6-12)23-19(25)16-9-22-21(27)24(20(16)26)10-14-3-4-17-18(8-14)29-11-28-17/h3-9H,10-11H2,1-2H3,(H,22,27)(H,23,25). The van der Waals surface area contributed by atoms with Crippen LogP contribution in [0.25, 0.3) is 0 Å². The van der Waals surface area contributed by atoms with Crippen LogP contribution in [0.1, 0.15) is 27.0 Å². The fourth-order valence-corrected chi connectivity index (χ4v) is 3.28. The predicted molar refractivity (Wildman–Crippen MR) is 107 cm³/mol. The summed E-state index contributed by atoms with van der Waals surface area (Å²) in [5.74, 6) is 0.572. The summed E-state index contributed by atoms with van der Waals surface area (Å²) in [5, 5.41) is 2.71. The van der Waals surface area contributed by atoms with Crippen LogP contribution in [0, 0.1) is 13.8 Å². The van der Waals surface area contributed by atoms with Crippen LogP contribution in [0.2, 0.25) is 0 Å². The van der Waals surface area contributed by atoms with Crippen molar-refractivity contribution in [1.82, 2.24) is 9.55 Å². The van der Waals surface area contributed by atoms with Crippen LogP contribution in [0.4, 0.5) is 5.69 Å². The third-order valence-electron chi connectivity index (χ3n) is 4.56. The summed E-state index contributed by atoms with van der Waals surface area (Å²) in [5.41, 5.74) is 1.81. The van der Waals surface area contributed by atoms with Gasteiger partial charge in [0.1, 0.15) is 5.56 Å². The van der Waals surface area contributed by atoms with Gasteiger partial charge in [-0.05, 0) is 54.8 Å². The number of H-pyrrole nitrogens is 1. The number of fused-ring (bicyclic) bond motifs is 1. The van der Waals surface area contributed by atoms with Crippen LogP contribution in [0.3, 0.4) is 0 Å². The second kappa shape index (κ2) is 7.31. The minimum atomic E-state index is -0.673. The average Bonchev–Trinajstić information content (AvgIpc) is 3.12. The van der Waals surface area contributed by atoms with Crippen LogP contribution in [0.15, 0.2) is 52.2 Å². The number of nitrogens with zero attached hydrogens (tertiary/aromatic N) is 1. The Kier molecular flexibility index (Phi) is 4.67. The number of aromatic nitrogens is 2. The molecule has 2 aromatic carbocycles. The third-order valence-corrected chi connectivity index (χ3v) is 4.56. The Morgan fingerprint density at radius 2 is 1.79 bits per heavy atom. The van der Waals surface area contributed by atoms with E-state index >= 15 is 0 Å². The molecule has 1 aliphatic heterocycles. The summed E-state index contributed by atoms with van der Waals surface area (Å²) in [6.45, 7) is 3.96. The maximum absolute atomic E-state index is 12.8. The van der Waals surface area contributed by atoms with Crippen LogP contribution in [0.5, 0.6) is 11.5 Å². The molecule has 0 unspecified atom stereocenters. The number of hydrogen-bond acceptors (Lipinski definition) is 5. The second-order valence-electron chi connectivity index (χ2n) is 6.92. The Bertz CT molecular complexity index is 1210. The molecule has 0 bridgehead atoms. The van der Waals surface area contributed by atoms with Crippen LogP contribution in [-0.2, 0) is 6.54 Å². The number of aryl methyl sites for hydroxylation is 2. The molecule has 0 saturated carbocycles. The molecule has 29 heavy (non-hydrogen) atoms. The zero-order valence-corrected chi connectivity index (χ0v) is 15.9. The van der Waals surface area contributed by atoms with Gasteiger partial charge in [-0.1, -0.05) is 12.1 Å². The molecule has 0 spiro atoms. The molecule has 8 heteroatoms. The summed E-state index contributed by atoms with van der Waals surface area (Å²) >= 11 is 0. The number of anilines is 1. The first-order valence-electron chi connectivity index (χ1n) is 9.01. The summed E-state index contributed by atoms with van der Waals surface area (Å²) < 4.78 is 11.6. The van der Waals surface area contributed by atoms with Gasteiger partial charge < -0.3 is 19.8 Å². The lowest BCUT2D eigenvalue weighted by molar-refractivity contribution is 0.102. The molecule has 0 fully saturated rings. The number of ether oxygens (including phenoxy) is 2. The minimum absolute atomic E-state index is 0.00448. The minimum Gasteiger partial charge on any atom is -0.454 e. The van der Waals surface area contributed by atoms with E-state index in [1.54, 1.807) is 18.2 Å². The van der Waals surface area contributed by atoms with Gasteiger partial charge >= 0.3 is 5.69 Å². The molecule has 8 nitrogen and oxygen atoms in total. The highest BCUT2D eigenvalue weighted by Gasteiger charge is 2.17. The topological polar surface area (TPSA) is 102 Å². The molecule has 1 amide bonds. The second-order valence-corrected chi connectivity index (χ2v) is 6.92. The van der Waals surface area contributed by atoms with E-state index in [2.05, 4.69) is 10.3 Å². The van der Waals surface area contributed by atoms with Gasteiger partial charge in [-0.15, -0.1) is 0 Å². The van der Waals surface area contributed by atoms with E-state index in [0.29, 0.717) is 22.7 Å². The molecule has 0 atom stereocenters. The Labute approximate surface area is 165 Å². The van der Waals surface area contributed by atoms with Gasteiger partial charge in [-0.3, -0.25) is 14.2 Å². The Morgan fingerprint density at radius 1 is 1.07 bits per heavy atom. The molecular weight excluding hydrogens is 374 g/mol. The molecule has 4 rings (SSSR count). The summed E-state index contributed by atoms with van der Waals surface area (Å²) in [7, 11) is 0. The predicted octanol–water partition coefficient (Wildman–Crippen LogP) is 2.18. The van der Waals surface area contributed by atoms with Crippen molar-refractivity contribution in [2.45, 2.75) is 20.4 Å². The number of aromatic amines is 1. The zero-order valence-electron chi connectivity index (χ0n) is 15.9. The van der Waals surface area contributed by atoms with E-state index in [4.69, 9.17) is 9.47 Å². The van der Waals surface area contributed by atoms with E-state index in [-0.39, 0.29) is 18.9 Å². The molecule has 0 aliphatic carbocycles. The number of hydrogen-bond donors (Lipinski definition) is 2. The van der Waals surface area contributed by atoms with Gasteiger partial charge in [0, 0.05) is 11.9 Å². The fourth-order valence-electron chi connectivity index (χ4n) is 3.28. The molecule has 0 radical (unpaired) electrons. The van der Waals surface area contributed by atoms with Gasteiger partial charge in [0.25, 0.3) is 11.5 Å². The molecule has 2 N–H and O–H groups in total. The molecule has 1 aliphatic rings. The normalized spacial score (nSPS) is 12.1. The fraction of sp³-hybridized carbons (Fsp3) is 0.190. The highest BCUT2D eigenvalue weighted by molar-refractivity contribution is 6.03. The van der Waals surface area contributed by atoms with Crippen molar-refractivity contribution in [2.75, 3.05) is 12.1 Å². The summed E-state index contributed by atoms with van der Waals surface area (Å²) in [6.07, 6.45) is 1.14. The number of rotatable bonds is 4. The Hall–Kier alpha value is -3.81. The van der Waals surface area contributed by atoms with E-state index in [9.17, 15) is 14.4 Å². The van der Waals surface area contributed by atoms with E-state index in [1.807, 2.05) is 32.0 Å². The number of amides is 1. The van der Waals surface area contributed by atoms with Crippen molar-refractivity contribution >= 4 is 11.6 Å². The average molecular weight is 393 g/mol. The molecule has 0 saturated heterocycles. The van der Waals surface area contributed by atoms with Crippen molar-refractivity contribution in [2.24, 2.45) is 0 Å². The Balaban J connectivity index is 1.63. The van der Waals surface area contributed by atoms with Crippen molar-refractivity contribution in [3.05, 3.63) is 85.7 Å². The number of nitrogens with one attached hydrogen (secondary N) is 2. The van der Waals surface area contributed by atoms with Gasteiger partial charge in [0.15, 0.2) is 11.5 Å². The molecular formula is C21H19N3O5. The van der Waals surface area contributed by atoms with Crippen molar-refractivity contribution in [3.63, 3.8) is 0 Å². The SMILES string of the molecule is Cc1cc(C)cc(NC(=O)c2c[nH]c(=O)n(Cc3ccc4c(c3)OCO4)c2=O)c1. The first-order chi connectivity index (χ1) is 13.9. The van der Waals surface area contributed by atoms with Gasteiger partial charge in [-0.25, -0.2) is 4.79 Å². The smallest absolute Gasteiger partial charge is 0.328 e. The van der Waals surface area contributed by atoms with Crippen molar-refractivity contribution in [1.29, 1.82) is 0 Å². The summed E-state index contributed by atoms with van der Waals surface area (Å²) in [4.78, 5) is 40.1. The highest BCUT2D eigenvalue weighted by atomic mass is 16.7. The van der Waals surface area contributed by atoms with Crippen LogP contribution < -0.4 is 26.0 Å². The molecule has 148 valence electrons. The highest BCUT2D eigenvalue weighted by Crippen LogP contribution is 2.32. The third kappa shape index (κ3) is 3.77. The maximum atomic E-state index is 12.8. The van der Waals surface area contributed by atoms with E-state index < -0.39 is 17.2 Å². The van der Waals surface area contributed by atoms with Crippen LogP contribution in [-0.4, -0.2) is 22.3 Å². The zero-order chi connectivity index (χ0) is 20.5. The lowest BCUT2D eigenvalue weighted by Gasteiger charge is -2.10. The van der Waals surface area contributed by atoms with Gasteiger partial charge in [0.2, 0.25) is 6.79 Å². The quantitative estimate of drug-likeness (QED) is 0.707. The van der Waals surface area contributed by atoms with Crippen molar-refractivity contribution in [3.8, 4) is 11.5 Å². The van der Waals surface area contributed by atoms with E-state index in [1.165, 1.54) is 0 Å². The largest absolute Gasteiger partial charge is 0.454 e.